The fraction of sp³-hybridized carbons (Fsp3) is 0.500. The SMILES string of the molecule is CC1C(O)[C@H](O)[C@H](C)P1c1ccccc1. The number of hydrogen-bond acceptors (Lipinski definition) is 2. The van der Waals surface area contributed by atoms with E-state index in [0.717, 1.165) is 0 Å². The Morgan fingerprint density at radius 2 is 1.40 bits per heavy atom. The molecule has 0 aromatic heterocycles. The number of rotatable bonds is 1. The van der Waals surface area contributed by atoms with Crippen LogP contribution in [0.1, 0.15) is 13.8 Å². The molecule has 1 heterocycles. The second-order valence-corrected chi connectivity index (χ2v) is 7.17. The zero-order valence-corrected chi connectivity index (χ0v) is 9.93. The molecule has 5 atom stereocenters. The van der Waals surface area contributed by atoms with Gasteiger partial charge in [0.2, 0.25) is 0 Å². The van der Waals surface area contributed by atoms with Gasteiger partial charge >= 0.3 is 0 Å². The maximum atomic E-state index is 9.83. The van der Waals surface area contributed by atoms with Gasteiger partial charge < -0.3 is 10.2 Å². The van der Waals surface area contributed by atoms with Gasteiger partial charge in [0.15, 0.2) is 0 Å². The predicted molar refractivity (Wildman–Crippen MR) is 63.9 cm³/mol. The van der Waals surface area contributed by atoms with Crippen LogP contribution >= 0.6 is 7.92 Å². The molecule has 82 valence electrons. The third-order valence-electron chi connectivity index (χ3n) is 3.27. The molecule has 0 bridgehead atoms. The molecule has 2 nitrogen and oxygen atoms in total. The molecule has 0 radical (unpaired) electrons. The maximum absolute atomic E-state index is 9.83. The normalized spacial score (nSPS) is 40.7. The lowest BCUT2D eigenvalue weighted by atomic mass is 10.1. The maximum Gasteiger partial charge on any atom is 0.0872 e. The molecule has 1 aliphatic rings. The highest BCUT2D eigenvalue weighted by Gasteiger charge is 2.44. The van der Waals surface area contributed by atoms with Crippen LogP contribution in [0.2, 0.25) is 0 Å². The number of aliphatic hydroxyl groups excluding tert-OH is 2. The molecular weight excluding hydrogens is 207 g/mol. The highest BCUT2D eigenvalue weighted by Crippen LogP contribution is 2.54. The van der Waals surface area contributed by atoms with Crippen molar-refractivity contribution >= 4 is 13.2 Å². The summed E-state index contributed by atoms with van der Waals surface area (Å²) in [5.41, 5.74) is 0.375. The highest BCUT2D eigenvalue weighted by molar-refractivity contribution is 7.67. The van der Waals surface area contributed by atoms with Crippen LogP contribution in [0.25, 0.3) is 0 Å². The van der Waals surface area contributed by atoms with E-state index in [2.05, 4.69) is 12.1 Å². The van der Waals surface area contributed by atoms with Gasteiger partial charge in [-0.3, -0.25) is 0 Å². The monoisotopic (exact) mass is 224 g/mol. The van der Waals surface area contributed by atoms with E-state index in [9.17, 15) is 10.2 Å². The van der Waals surface area contributed by atoms with Crippen molar-refractivity contribution in [1.29, 1.82) is 0 Å². The van der Waals surface area contributed by atoms with Crippen molar-refractivity contribution in [2.45, 2.75) is 37.4 Å². The highest BCUT2D eigenvalue weighted by atomic mass is 31.1. The van der Waals surface area contributed by atoms with Crippen LogP contribution in [0, 0.1) is 0 Å². The molecule has 1 fully saturated rings. The Hall–Kier alpha value is -0.430. The number of aliphatic hydroxyl groups is 2. The van der Waals surface area contributed by atoms with Crippen molar-refractivity contribution in [1.82, 2.24) is 0 Å². The molecule has 0 saturated carbocycles. The molecule has 2 N–H and O–H groups in total. The summed E-state index contributed by atoms with van der Waals surface area (Å²) >= 11 is 0. The molecule has 2 rings (SSSR count). The zero-order valence-electron chi connectivity index (χ0n) is 9.04. The summed E-state index contributed by atoms with van der Waals surface area (Å²) in [6.07, 6.45) is -1.13. The Morgan fingerprint density at radius 3 is 1.87 bits per heavy atom. The summed E-state index contributed by atoms with van der Waals surface area (Å²) in [7, 11) is -0.441. The quantitative estimate of drug-likeness (QED) is 0.706. The fourth-order valence-corrected chi connectivity index (χ4v) is 5.55. The number of hydrogen-bond donors (Lipinski definition) is 2. The van der Waals surface area contributed by atoms with Gasteiger partial charge in [0, 0.05) is 11.3 Å². The lowest BCUT2D eigenvalue weighted by Crippen LogP contribution is -2.30. The first-order chi connectivity index (χ1) is 7.13. The molecule has 1 aromatic carbocycles. The number of benzene rings is 1. The van der Waals surface area contributed by atoms with Crippen LogP contribution in [0.5, 0.6) is 0 Å². The van der Waals surface area contributed by atoms with E-state index in [-0.39, 0.29) is 11.3 Å². The minimum Gasteiger partial charge on any atom is -0.390 e. The van der Waals surface area contributed by atoms with Crippen molar-refractivity contribution < 1.29 is 10.2 Å². The molecule has 1 aliphatic heterocycles. The summed E-state index contributed by atoms with van der Waals surface area (Å²) in [5, 5.41) is 20.9. The van der Waals surface area contributed by atoms with Crippen LogP contribution in [0.15, 0.2) is 30.3 Å². The molecule has 3 heteroatoms. The zero-order chi connectivity index (χ0) is 11.0. The second-order valence-electron chi connectivity index (χ2n) is 4.21. The van der Waals surface area contributed by atoms with E-state index in [1.54, 1.807) is 0 Å². The van der Waals surface area contributed by atoms with E-state index in [1.165, 1.54) is 5.30 Å². The summed E-state index contributed by atoms with van der Waals surface area (Å²) < 4.78 is 0. The molecule has 1 aromatic rings. The van der Waals surface area contributed by atoms with Gasteiger partial charge in [-0.15, -0.1) is 0 Å². The van der Waals surface area contributed by atoms with Gasteiger partial charge in [0.25, 0.3) is 0 Å². The van der Waals surface area contributed by atoms with E-state index < -0.39 is 20.1 Å². The lowest BCUT2D eigenvalue weighted by Gasteiger charge is -2.21. The molecule has 15 heavy (non-hydrogen) atoms. The van der Waals surface area contributed by atoms with Crippen LogP contribution < -0.4 is 5.30 Å². The first kappa shape index (κ1) is 11.1. The van der Waals surface area contributed by atoms with E-state index >= 15 is 0 Å². The Morgan fingerprint density at radius 1 is 0.933 bits per heavy atom. The average molecular weight is 224 g/mol. The first-order valence-corrected chi connectivity index (χ1v) is 6.80. The largest absolute Gasteiger partial charge is 0.390 e. The van der Waals surface area contributed by atoms with Crippen LogP contribution in [-0.4, -0.2) is 33.7 Å². The Kier molecular flexibility index (Phi) is 3.11. The van der Waals surface area contributed by atoms with Gasteiger partial charge in [-0.2, -0.15) is 0 Å². The Bertz CT molecular complexity index is 314. The van der Waals surface area contributed by atoms with Gasteiger partial charge in [-0.05, 0) is 5.30 Å². The molecule has 0 aliphatic carbocycles. The van der Waals surface area contributed by atoms with E-state index in [1.807, 2.05) is 32.0 Å². The van der Waals surface area contributed by atoms with Crippen molar-refractivity contribution in [2.75, 3.05) is 0 Å². The third-order valence-corrected chi connectivity index (χ3v) is 6.53. The van der Waals surface area contributed by atoms with Crippen molar-refractivity contribution in [3.05, 3.63) is 30.3 Å². The van der Waals surface area contributed by atoms with Crippen molar-refractivity contribution in [3.8, 4) is 0 Å². The molecule has 1 saturated heterocycles. The smallest absolute Gasteiger partial charge is 0.0872 e. The third kappa shape index (κ3) is 1.82. The first-order valence-electron chi connectivity index (χ1n) is 5.32. The average Bonchev–Trinajstić information content (AvgIpc) is 2.45. The van der Waals surface area contributed by atoms with Crippen LogP contribution in [-0.2, 0) is 0 Å². The molecule has 3 unspecified atom stereocenters. The predicted octanol–water partition coefficient (Wildman–Crippen LogP) is 1.31. The summed E-state index contributed by atoms with van der Waals surface area (Å²) in [6.45, 7) is 4.08. The topological polar surface area (TPSA) is 40.5 Å². The summed E-state index contributed by atoms with van der Waals surface area (Å²) in [4.78, 5) is 0. The Labute approximate surface area is 91.7 Å². The van der Waals surface area contributed by atoms with Crippen molar-refractivity contribution in [2.24, 2.45) is 0 Å². The lowest BCUT2D eigenvalue weighted by molar-refractivity contribution is 0.0327. The van der Waals surface area contributed by atoms with Crippen LogP contribution in [0.4, 0.5) is 0 Å². The second kappa shape index (κ2) is 4.21. The fourth-order valence-electron chi connectivity index (χ4n) is 2.34. The minimum atomic E-state index is -0.564. The standard InChI is InChI=1S/C12H17O2P/c1-8-11(13)12(14)9(2)15(8)10-6-4-3-5-7-10/h3-9,11-14H,1-2H3/t8-,9?,11+,12?,15?/m0/s1. The van der Waals surface area contributed by atoms with E-state index in [0.29, 0.717) is 0 Å². The van der Waals surface area contributed by atoms with Gasteiger partial charge in [0.1, 0.15) is 0 Å². The van der Waals surface area contributed by atoms with Gasteiger partial charge in [-0.1, -0.05) is 52.1 Å². The molecule has 0 amide bonds. The molecular formula is C12H17O2P. The van der Waals surface area contributed by atoms with Gasteiger partial charge in [-0.25, -0.2) is 0 Å². The van der Waals surface area contributed by atoms with E-state index in [4.69, 9.17) is 0 Å². The van der Waals surface area contributed by atoms with Gasteiger partial charge in [0.05, 0.1) is 12.2 Å². The minimum absolute atomic E-state index is 0.187. The summed E-state index contributed by atoms with van der Waals surface area (Å²) in [5.74, 6) is 0. The summed E-state index contributed by atoms with van der Waals surface area (Å²) in [6, 6.07) is 10.2. The van der Waals surface area contributed by atoms with Crippen molar-refractivity contribution in [3.63, 3.8) is 0 Å². The molecule has 0 spiro atoms. The Balaban J connectivity index is 2.30. The van der Waals surface area contributed by atoms with Crippen LogP contribution in [0.3, 0.4) is 0 Å².